The van der Waals surface area contributed by atoms with Crippen LogP contribution in [0.25, 0.3) is 0 Å². The van der Waals surface area contributed by atoms with Gasteiger partial charge in [0, 0.05) is 0 Å². The van der Waals surface area contributed by atoms with Crippen molar-refractivity contribution in [2.45, 2.75) is 6.92 Å². The number of hydrogen-bond acceptors (Lipinski definition) is 5. The summed E-state index contributed by atoms with van der Waals surface area (Å²) in [6.07, 6.45) is 0. The van der Waals surface area contributed by atoms with E-state index in [9.17, 15) is 18.8 Å². The predicted molar refractivity (Wildman–Crippen MR) is 91.6 cm³/mol. The maximum atomic E-state index is 13.5. The summed E-state index contributed by atoms with van der Waals surface area (Å²) in [7, 11) is 0. The summed E-state index contributed by atoms with van der Waals surface area (Å²) in [5.41, 5.74) is 0.125. The Morgan fingerprint density at radius 2 is 1.65 bits per heavy atom. The fraction of sp³-hybridized carbons (Fsp3) is 0.211. The normalized spacial score (nSPS) is 10.1. The molecule has 2 aromatic carbocycles. The molecule has 0 bridgehead atoms. The molecule has 0 atom stereocenters. The Bertz CT molecular complexity index is 806. The summed E-state index contributed by atoms with van der Waals surface area (Å²) in [4.78, 5) is 35.7. The molecule has 0 radical (unpaired) electrons. The molecule has 0 saturated heterocycles. The molecular weight excluding hydrogens is 341 g/mol. The van der Waals surface area contributed by atoms with Gasteiger partial charge >= 0.3 is 5.97 Å². The smallest absolute Gasteiger partial charge is 0.325 e. The standard InChI is InChI=1S/C19H18FNO5/c1-2-25-17-10-6-4-8-14(17)19(24)21-11-18(23)26-12-16(22)13-7-3-5-9-15(13)20/h3-10H,2,11-12H2,1H3,(H,21,24). The third-order valence-corrected chi connectivity index (χ3v) is 3.36. The average molecular weight is 359 g/mol. The molecule has 7 heteroatoms. The molecule has 0 aliphatic rings. The van der Waals surface area contributed by atoms with E-state index >= 15 is 0 Å². The molecule has 0 aliphatic carbocycles. The third kappa shape index (κ3) is 5.14. The summed E-state index contributed by atoms with van der Waals surface area (Å²) in [5, 5.41) is 2.39. The largest absolute Gasteiger partial charge is 0.493 e. The number of hydrogen-bond donors (Lipinski definition) is 1. The molecule has 2 rings (SSSR count). The van der Waals surface area contributed by atoms with Crippen molar-refractivity contribution in [3.05, 3.63) is 65.5 Å². The zero-order chi connectivity index (χ0) is 18.9. The van der Waals surface area contributed by atoms with Crippen LogP contribution in [0.1, 0.15) is 27.6 Å². The Kier molecular flexibility index (Phi) is 6.84. The van der Waals surface area contributed by atoms with Gasteiger partial charge in [-0.05, 0) is 31.2 Å². The van der Waals surface area contributed by atoms with Gasteiger partial charge in [-0.1, -0.05) is 24.3 Å². The first-order valence-corrected chi connectivity index (χ1v) is 7.96. The fourth-order valence-electron chi connectivity index (χ4n) is 2.15. The molecule has 2 aromatic rings. The SMILES string of the molecule is CCOc1ccccc1C(=O)NCC(=O)OCC(=O)c1ccccc1F. The van der Waals surface area contributed by atoms with E-state index in [0.29, 0.717) is 12.4 Å². The second-order valence-electron chi connectivity index (χ2n) is 5.18. The third-order valence-electron chi connectivity index (χ3n) is 3.36. The maximum Gasteiger partial charge on any atom is 0.325 e. The second kappa shape index (κ2) is 9.31. The van der Waals surface area contributed by atoms with Gasteiger partial charge in [0.05, 0.1) is 17.7 Å². The van der Waals surface area contributed by atoms with Crippen LogP contribution >= 0.6 is 0 Å². The lowest BCUT2D eigenvalue weighted by Gasteiger charge is -2.10. The summed E-state index contributed by atoms with van der Waals surface area (Å²) >= 11 is 0. The first-order chi connectivity index (χ1) is 12.5. The highest BCUT2D eigenvalue weighted by Gasteiger charge is 2.16. The van der Waals surface area contributed by atoms with Crippen LogP contribution in [0.5, 0.6) is 5.75 Å². The van der Waals surface area contributed by atoms with Crippen LogP contribution < -0.4 is 10.1 Å². The van der Waals surface area contributed by atoms with Crippen molar-refractivity contribution in [2.75, 3.05) is 19.8 Å². The lowest BCUT2D eigenvalue weighted by Crippen LogP contribution is -2.31. The number of ketones is 1. The van der Waals surface area contributed by atoms with Gasteiger partial charge in [-0.3, -0.25) is 14.4 Å². The van der Waals surface area contributed by atoms with Crippen molar-refractivity contribution < 1.29 is 28.2 Å². The van der Waals surface area contributed by atoms with Crippen molar-refractivity contribution >= 4 is 17.7 Å². The van der Waals surface area contributed by atoms with Crippen LogP contribution in [0.2, 0.25) is 0 Å². The average Bonchev–Trinajstić information content (AvgIpc) is 2.65. The monoisotopic (exact) mass is 359 g/mol. The molecule has 0 spiro atoms. The minimum absolute atomic E-state index is 0.157. The number of carbonyl (C=O) groups excluding carboxylic acids is 3. The molecule has 26 heavy (non-hydrogen) atoms. The van der Waals surface area contributed by atoms with Crippen molar-refractivity contribution in [1.82, 2.24) is 5.32 Å². The first-order valence-electron chi connectivity index (χ1n) is 7.96. The highest BCUT2D eigenvalue weighted by Crippen LogP contribution is 2.17. The topological polar surface area (TPSA) is 81.7 Å². The van der Waals surface area contributed by atoms with Gasteiger partial charge in [-0.15, -0.1) is 0 Å². The zero-order valence-corrected chi connectivity index (χ0v) is 14.2. The lowest BCUT2D eigenvalue weighted by atomic mass is 10.1. The van der Waals surface area contributed by atoms with Crippen LogP contribution in [-0.2, 0) is 9.53 Å². The number of para-hydroxylation sites is 1. The molecule has 0 fully saturated rings. The molecule has 1 amide bonds. The van der Waals surface area contributed by atoms with Crippen LogP contribution in [0, 0.1) is 5.82 Å². The molecule has 0 aromatic heterocycles. The fourth-order valence-corrected chi connectivity index (χ4v) is 2.15. The van der Waals surface area contributed by atoms with Crippen LogP contribution in [0.4, 0.5) is 4.39 Å². The minimum Gasteiger partial charge on any atom is -0.493 e. The van der Waals surface area contributed by atoms with E-state index < -0.39 is 36.6 Å². The van der Waals surface area contributed by atoms with Gasteiger partial charge < -0.3 is 14.8 Å². The van der Waals surface area contributed by atoms with Gasteiger partial charge in [-0.25, -0.2) is 4.39 Å². The Balaban J connectivity index is 1.84. The van der Waals surface area contributed by atoms with Crippen LogP contribution in [0.3, 0.4) is 0 Å². The second-order valence-corrected chi connectivity index (χ2v) is 5.18. The predicted octanol–water partition coefficient (Wildman–Crippen LogP) is 2.38. The van der Waals surface area contributed by atoms with Crippen molar-refractivity contribution in [1.29, 1.82) is 0 Å². The van der Waals surface area contributed by atoms with Crippen molar-refractivity contribution in [2.24, 2.45) is 0 Å². The lowest BCUT2D eigenvalue weighted by molar-refractivity contribution is -0.141. The van der Waals surface area contributed by atoms with Crippen molar-refractivity contribution in [3.8, 4) is 5.75 Å². The Labute approximate surface area is 149 Å². The zero-order valence-electron chi connectivity index (χ0n) is 14.2. The molecular formula is C19H18FNO5. The molecule has 6 nitrogen and oxygen atoms in total. The number of halogens is 1. The van der Waals surface area contributed by atoms with Gasteiger partial charge in [-0.2, -0.15) is 0 Å². The Morgan fingerprint density at radius 1 is 1.00 bits per heavy atom. The highest BCUT2D eigenvalue weighted by molar-refractivity contribution is 5.99. The summed E-state index contributed by atoms with van der Waals surface area (Å²) in [6.45, 7) is 1.15. The number of Topliss-reactive ketones (excluding diaryl/α,β-unsaturated/α-hetero) is 1. The van der Waals surface area contributed by atoms with E-state index in [1.165, 1.54) is 18.2 Å². The molecule has 0 aliphatic heterocycles. The number of carbonyl (C=O) groups is 3. The number of benzene rings is 2. The number of esters is 1. The van der Waals surface area contributed by atoms with E-state index in [2.05, 4.69) is 5.32 Å². The van der Waals surface area contributed by atoms with Gasteiger partial charge in [0.1, 0.15) is 18.1 Å². The quantitative estimate of drug-likeness (QED) is 0.578. The summed E-state index contributed by atoms with van der Waals surface area (Å²) < 4.78 is 23.6. The molecule has 1 N–H and O–H groups in total. The molecule has 136 valence electrons. The molecule has 0 unspecified atom stereocenters. The molecule has 0 saturated carbocycles. The van der Waals surface area contributed by atoms with E-state index in [0.717, 1.165) is 6.07 Å². The number of nitrogens with one attached hydrogen (secondary N) is 1. The Morgan fingerprint density at radius 3 is 2.35 bits per heavy atom. The number of rotatable bonds is 8. The summed E-state index contributed by atoms with van der Waals surface area (Å²) in [6, 6.07) is 12.0. The van der Waals surface area contributed by atoms with E-state index in [1.807, 2.05) is 0 Å². The van der Waals surface area contributed by atoms with Gasteiger partial charge in [0.25, 0.3) is 5.91 Å². The van der Waals surface area contributed by atoms with Crippen LogP contribution in [-0.4, -0.2) is 37.4 Å². The van der Waals surface area contributed by atoms with E-state index in [-0.39, 0.29) is 11.1 Å². The number of ether oxygens (including phenoxy) is 2. The maximum absolute atomic E-state index is 13.5. The van der Waals surface area contributed by atoms with E-state index in [1.54, 1.807) is 31.2 Å². The van der Waals surface area contributed by atoms with E-state index in [4.69, 9.17) is 9.47 Å². The Hall–Kier alpha value is -3.22. The van der Waals surface area contributed by atoms with Gasteiger partial charge in [0.2, 0.25) is 5.78 Å². The minimum atomic E-state index is -0.808. The van der Waals surface area contributed by atoms with Gasteiger partial charge in [0.15, 0.2) is 6.61 Å². The number of amides is 1. The van der Waals surface area contributed by atoms with Crippen LogP contribution in [0.15, 0.2) is 48.5 Å². The first kappa shape index (κ1) is 19.1. The summed E-state index contributed by atoms with van der Waals surface area (Å²) in [5.74, 6) is -2.27. The highest BCUT2D eigenvalue weighted by atomic mass is 19.1. The molecule has 0 heterocycles. The van der Waals surface area contributed by atoms with Crippen molar-refractivity contribution in [3.63, 3.8) is 0 Å².